The molecule has 31 heavy (non-hydrogen) atoms. The maximum absolute atomic E-state index is 12.8. The van der Waals surface area contributed by atoms with Gasteiger partial charge in [-0.25, -0.2) is 0 Å². The molecule has 0 bridgehead atoms. The zero-order valence-electron chi connectivity index (χ0n) is 16.4. The third-order valence-corrected chi connectivity index (χ3v) is 6.08. The topological polar surface area (TPSA) is 79.4 Å². The van der Waals surface area contributed by atoms with Gasteiger partial charge in [0.1, 0.15) is 0 Å². The van der Waals surface area contributed by atoms with Gasteiger partial charge in [0.2, 0.25) is 11.8 Å². The predicted octanol–water partition coefficient (Wildman–Crippen LogP) is 4.60. The van der Waals surface area contributed by atoms with Crippen LogP contribution < -0.4 is 10.2 Å². The van der Waals surface area contributed by atoms with Crippen LogP contribution in [0.4, 0.5) is 11.4 Å². The molecule has 3 amide bonds. The summed E-state index contributed by atoms with van der Waals surface area (Å²) in [5.74, 6) is -1.22. The lowest BCUT2D eigenvalue weighted by Gasteiger charge is -2.15. The molecule has 2 unspecified atom stereocenters. The number of halogens is 1. The van der Waals surface area contributed by atoms with Crippen LogP contribution in [0.15, 0.2) is 66.9 Å². The summed E-state index contributed by atoms with van der Waals surface area (Å²) in [4.78, 5) is 43.8. The summed E-state index contributed by atoms with van der Waals surface area (Å²) in [5, 5.41) is 4.17. The predicted molar refractivity (Wildman–Crippen MR) is 119 cm³/mol. The van der Waals surface area contributed by atoms with Crippen LogP contribution in [0.3, 0.4) is 0 Å². The molecule has 2 aliphatic rings. The number of fused-ring (bicyclic) bond motifs is 2. The molecule has 1 aliphatic carbocycles. The average Bonchev–Trinajstić information content (AvgIpc) is 3.04. The second-order valence-electron chi connectivity index (χ2n) is 7.69. The normalized spacial score (nSPS) is 20.2. The number of benzene rings is 2. The number of carbonyl (C=O) groups is 3. The number of rotatable bonds is 3. The van der Waals surface area contributed by atoms with Crippen molar-refractivity contribution in [2.45, 2.75) is 12.8 Å². The number of hydrogen-bond acceptors (Lipinski definition) is 4. The zero-order chi connectivity index (χ0) is 21.5. The Kier molecular flexibility index (Phi) is 4.79. The molecule has 1 aromatic heterocycles. The molecule has 1 aliphatic heterocycles. The number of anilines is 2. The van der Waals surface area contributed by atoms with Gasteiger partial charge in [-0.3, -0.25) is 24.3 Å². The Labute approximate surface area is 183 Å². The molecule has 6 nitrogen and oxygen atoms in total. The molecular weight excluding hydrogens is 414 g/mol. The number of carbonyl (C=O) groups excluding carboxylic acids is 3. The third-order valence-electron chi connectivity index (χ3n) is 5.85. The van der Waals surface area contributed by atoms with Crippen molar-refractivity contribution in [2.75, 3.05) is 10.2 Å². The lowest BCUT2D eigenvalue weighted by Crippen LogP contribution is -2.30. The van der Waals surface area contributed by atoms with Gasteiger partial charge in [-0.2, -0.15) is 0 Å². The van der Waals surface area contributed by atoms with E-state index in [0.29, 0.717) is 34.8 Å². The molecule has 2 aromatic carbocycles. The summed E-state index contributed by atoms with van der Waals surface area (Å²) in [6.45, 7) is 0. The van der Waals surface area contributed by atoms with Crippen LogP contribution in [0, 0.1) is 11.8 Å². The van der Waals surface area contributed by atoms with Crippen molar-refractivity contribution in [3.8, 4) is 0 Å². The Bertz CT molecular complexity index is 1230. The van der Waals surface area contributed by atoms with Crippen molar-refractivity contribution in [2.24, 2.45) is 11.8 Å². The van der Waals surface area contributed by atoms with Crippen LogP contribution >= 0.6 is 11.6 Å². The van der Waals surface area contributed by atoms with Crippen LogP contribution in [-0.4, -0.2) is 22.7 Å². The van der Waals surface area contributed by atoms with Gasteiger partial charge < -0.3 is 5.32 Å². The smallest absolute Gasteiger partial charge is 0.255 e. The van der Waals surface area contributed by atoms with Crippen LogP contribution in [0.1, 0.15) is 23.2 Å². The molecule has 0 saturated carbocycles. The highest BCUT2D eigenvalue weighted by Gasteiger charge is 2.47. The summed E-state index contributed by atoms with van der Waals surface area (Å²) in [6.07, 6.45) is 6.72. The highest BCUT2D eigenvalue weighted by molar-refractivity contribution is 6.31. The Morgan fingerprint density at radius 2 is 1.65 bits per heavy atom. The minimum absolute atomic E-state index is 0.170. The van der Waals surface area contributed by atoms with Crippen LogP contribution in [-0.2, 0) is 9.59 Å². The number of pyridine rings is 1. The first kappa shape index (κ1) is 19.5. The molecule has 7 heteroatoms. The van der Waals surface area contributed by atoms with Gasteiger partial charge in [-0.05, 0) is 61.4 Å². The number of allylic oxidation sites excluding steroid dienone is 2. The quantitative estimate of drug-likeness (QED) is 0.485. The second kappa shape index (κ2) is 7.63. The first-order chi connectivity index (χ1) is 15.0. The highest BCUT2D eigenvalue weighted by Crippen LogP contribution is 2.37. The van der Waals surface area contributed by atoms with Crippen LogP contribution in [0.5, 0.6) is 0 Å². The number of aromatic nitrogens is 1. The summed E-state index contributed by atoms with van der Waals surface area (Å²) < 4.78 is 0. The molecule has 2 atom stereocenters. The summed E-state index contributed by atoms with van der Waals surface area (Å²) >= 11 is 6.09. The van der Waals surface area contributed by atoms with E-state index in [4.69, 9.17) is 11.6 Å². The van der Waals surface area contributed by atoms with E-state index in [-0.39, 0.29) is 29.6 Å². The van der Waals surface area contributed by atoms with Crippen molar-refractivity contribution in [1.82, 2.24) is 4.98 Å². The van der Waals surface area contributed by atoms with E-state index in [0.717, 1.165) is 10.9 Å². The first-order valence-corrected chi connectivity index (χ1v) is 10.4. The Hall–Kier alpha value is -3.51. The SMILES string of the molecule is O=C(Nc1ccnc2ccc(Cl)cc12)c1ccc(N2C(=O)C3CC=CCC3C2=O)cc1. The van der Waals surface area contributed by atoms with Crippen molar-refractivity contribution >= 4 is 51.6 Å². The number of imide groups is 1. The number of nitrogens with one attached hydrogen (secondary N) is 1. The van der Waals surface area contributed by atoms with Gasteiger partial charge in [0.25, 0.3) is 5.91 Å². The Balaban J connectivity index is 1.37. The van der Waals surface area contributed by atoms with Gasteiger partial charge in [-0.1, -0.05) is 23.8 Å². The van der Waals surface area contributed by atoms with Gasteiger partial charge in [-0.15, -0.1) is 0 Å². The number of amides is 3. The minimum atomic E-state index is -0.309. The van der Waals surface area contributed by atoms with Gasteiger partial charge in [0.05, 0.1) is 28.7 Å². The largest absolute Gasteiger partial charge is 0.321 e. The molecule has 1 fully saturated rings. The maximum atomic E-state index is 12.8. The number of hydrogen-bond donors (Lipinski definition) is 1. The van der Waals surface area contributed by atoms with Crippen molar-refractivity contribution in [1.29, 1.82) is 0 Å². The third kappa shape index (κ3) is 3.39. The zero-order valence-corrected chi connectivity index (χ0v) is 17.2. The molecule has 2 heterocycles. The summed E-state index contributed by atoms with van der Waals surface area (Å²) in [6, 6.07) is 13.5. The fraction of sp³-hybridized carbons (Fsp3) is 0.167. The van der Waals surface area contributed by atoms with Crippen molar-refractivity contribution in [3.63, 3.8) is 0 Å². The maximum Gasteiger partial charge on any atom is 0.255 e. The average molecular weight is 432 g/mol. The first-order valence-electron chi connectivity index (χ1n) is 10.0. The summed E-state index contributed by atoms with van der Waals surface area (Å²) in [7, 11) is 0. The van der Waals surface area contributed by atoms with E-state index in [1.807, 2.05) is 12.2 Å². The minimum Gasteiger partial charge on any atom is -0.321 e. The standard InChI is InChI=1S/C24H18ClN3O3/c25-15-7-10-20-19(13-15)21(11-12-26-20)27-22(29)14-5-8-16(9-6-14)28-23(30)17-3-1-2-4-18(17)24(28)31/h1-2,5-13,17-18H,3-4H2,(H,26,27,29). The molecule has 1 saturated heterocycles. The van der Waals surface area contributed by atoms with E-state index in [2.05, 4.69) is 10.3 Å². The second-order valence-corrected chi connectivity index (χ2v) is 8.13. The lowest BCUT2D eigenvalue weighted by molar-refractivity contribution is -0.122. The highest BCUT2D eigenvalue weighted by atomic mass is 35.5. The van der Waals surface area contributed by atoms with E-state index in [9.17, 15) is 14.4 Å². The van der Waals surface area contributed by atoms with Gasteiger partial charge >= 0.3 is 0 Å². The van der Waals surface area contributed by atoms with E-state index in [1.165, 1.54) is 4.90 Å². The molecule has 1 N–H and O–H groups in total. The fourth-order valence-electron chi connectivity index (χ4n) is 4.24. The fourth-order valence-corrected chi connectivity index (χ4v) is 4.41. The molecule has 0 radical (unpaired) electrons. The van der Waals surface area contributed by atoms with E-state index >= 15 is 0 Å². The molecule has 154 valence electrons. The van der Waals surface area contributed by atoms with Gasteiger partial charge in [0.15, 0.2) is 0 Å². The van der Waals surface area contributed by atoms with Crippen molar-refractivity contribution < 1.29 is 14.4 Å². The Morgan fingerprint density at radius 3 is 2.32 bits per heavy atom. The lowest BCUT2D eigenvalue weighted by atomic mass is 9.85. The monoisotopic (exact) mass is 431 g/mol. The molecule has 0 spiro atoms. The van der Waals surface area contributed by atoms with E-state index < -0.39 is 0 Å². The van der Waals surface area contributed by atoms with Crippen LogP contribution in [0.25, 0.3) is 10.9 Å². The Morgan fingerprint density at radius 1 is 0.968 bits per heavy atom. The molecule has 5 rings (SSSR count). The summed E-state index contributed by atoms with van der Waals surface area (Å²) in [5.41, 5.74) is 2.22. The van der Waals surface area contributed by atoms with Gasteiger partial charge in [0, 0.05) is 22.2 Å². The van der Waals surface area contributed by atoms with Crippen molar-refractivity contribution in [3.05, 3.63) is 77.5 Å². The van der Waals surface area contributed by atoms with E-state index in [1.54, 1.807) is 54.7 Å². The molecular formula is C24H18ClN3O3. The van der Waals surface area contributed by atoms with Crippen LogP contribution in [0.2, 0.25) is 5.02 Å². The number of nitrogens with zero attached hydrogens (tertiary/aromatic N) is 2. The molecule has 3 aromatic rings.